The number of nitrogens with zero attached hydrogens (tertiary/aromatic N) is 2. The van der Waals surface area contributed by atoms with Crippen molar-refractivity contribution in [2.75, 3.05) is 7.11 Å². The third kappa shape index (κ3) is 3.24. The first-order valence-corrected chi connectivity index (χ1v) is 6.39. The number of aliphatic hydroxyl groups is 1. The topological polar surface area (TPSA) is 64.5 Å². The number of aliphatic hydroxyl groups excluding tert-OH is 1. The molecule has 0 amide bonds. The van der Waals surface area contributed by atoms with Gasteiger partial charge in [-0.3, -0.25) is 9.97 Å². The van der Waals surface area contributed by atoms with Crippen molar-refractivity contribution in [3.63, 3.8) is 0 Å². The van der Waals surface area contributed by atoms with Crippen LogP contribution in [0.1, 0.15) is 31.1 Å². The van der Waals surface area contributed by atoms with Gasteiger partial charge >= 0.3 is 0 Å². The van der Waals surface area contributed by atoms with Gasteiger partial charge < -0.3 is 14.6 Å². The van der Waals surface area contributed by atoms with Crippen LogP contribution in [0.3, 0.4) is 0 Å². The zero-order valence-corrected chi connectivity index (χ0v) is 11.8. The van der Waals surface area contributed by atoms with E-state index in [2.05, 4.69) is 9.97 Å². The fraction of sp³-hybridized carbons (Fsp3) is 0.333. The molecule has 2 heterocycles. The summed E-state index contributed by atoms with van der Waals surface area (Å²) in [6.07, 6.45) is 5.64. The van der Waals surface area contributed by atoms with E-state index in [-0.39, 0.29) is 6.10 Å². The molecule has 106 valence electrons. The summed E-state index contributed by atoms with van der Waals surface area (Å²) in [5.74, 6) is 1.17. The van der Waals surface area contributed by atoms with E-state index in [4.69, 9.17) is 9.47 Å². The molecule has 0 saturated heterocycles. The monoisotopic (exact) mass is 274 g/mol. The van der Waals surface area contributed by atoms with Crippen molar-refractivity contribution in [2.24, 2.45) is 0 Å². The van der Waals surface area contributed by atoms with Crippen molar-refractivity contribution in [3.8, 4) is 11.5 Å². The smallest absolute Gasteiger partial charge is 0.143 e. The molecule has 1 atom stereocenters. The van der Waals surface area contributed by atoms with E-state index in [1.54, 1.807) is 44.0 Å². The van der Waals surface area contributed by atoms with Crippen LogP contribution in [0, 0.1) is 0 Å². The molecule has 5 heteroatoms. The first-order chi connectivity index (χ1) is 9.61. The molecule has 0 aliphatic rings. The van der Waals surface area contributed by atoms with Gasteiger partial charge in [0, 0.05) is 23.5 Å². The predicted molar refractivity (Wildman–Crippen MR) is 74.9 cm³/mol. The second-order valence-corrected chi connectivity index (χ2v) is 4.64. The number of hydrogen-bond donors (Lipinski definition) is 1. The standard InChI is InChI=1S/C15H18N2O3/c1-10(2)20-12-6-11(7-17-8-12)15(18)13-4-5-16-9-14(13)19-3/h4-10,15,18H,1-3H3. The van der Waals surface area contributed by atoms with Crippen molar-refractivity contribution in [3.05, 3.63) is 48.0 Å². The van der Waals surface area contributed by atoms with Crippen LogP contribution in [0.5, 0.6) is 11.5 Å². The minimum absolute atomic E-state index is 0.0552. The molecule has 20 heavy (non-hydrogen) atoms. The van der Waals surface area contributed by atoms with E-state index in [0.717, 1.165) is 0 Å². The molecule has 0 aromatic carbocycles. The molecule has 0 fully saturated rings. The summed E-state index contributed by atoms with van der Waals surface area (Å²) in [6, 6.07) is 3.50. The van der Waals surface area contributed by atoms with Gasteiger partial charge in [-0.25, -0.2) is 0 Å². The normalized spacial score (nSPS) is 12.2. The van der Waals surface area contributed by atoms with Gasteiger partial charge in [-0.2, -0.15) is 0 Å². The Morgan fingerprint density at radius 3 is 2.65 bits per heavy atom. The number of rotatable bonds is 5. The first-order valence-electron chi connectivity index (χ1n) is 6.39. The lowest BCUT2D eigenvalue weighted by molar-refractivity contribution is 0.210. The SMILES string of the molecule is COc1cnccc1C(O)c1cncc(OC(C)C)c1. The zero-order chi connectivity index (χ0) is 14.5. The lowest BCUT2D eigenvalue weighted by atomic mass is 10.0. The van der Waals surface area contributed by atoms with E-state index in [9.17, 15) is 5.11 Å². The summed E-state index contributed by atoms with van der Waals surface area (Å²) in [4.78, 5) is 8.07. The van der Waals surface area contributed by atoms with Gasteiger partial charge in [0.1, 0.15) is 17.6 Å². The van der Waals surface area contributed by atoms with Crippen LogP contribution in [0.4, 0.5) is 0 Å². The summed E-state index contributed by atoms with van der Waals surface area (Å²) in [6.45, 7) is 3.88. The van der Waals surface area contributed by atoms with Gasteiger partial charge in [-0.05, 0) is 26.0 Å². The molecule has 1 N–H and O–H groups in total. The van der Waals surface area contributed by atoms with Gasteiger partial charge in [0.15, 0.2) is 0 Å². The molecule has 2 aromatic rings. The Balaban J connectivity index is 2.30. The summed E-state index contributed by atoms with van der Waals surface area (Å²) >= 11 is 0. The van der Waals surface area contributed by atoms with Crippen molar-refractivity contribution >= 4 is 0 Å². The molecule has 0 saturated carbocycles. The van der Waals surface area contributed by atoms with E-state index in [0.29, 0.717) is 22.6 Å². The maximum Gasteiger partial charge on any atom is 0.143 e. The molecule has 1 unspecified atom stereocenters. The number of pyridine rings is 2. The molecule has 0 aliphatic heterocycles. The minimum atomic E-state index is -0.837. The molecule has 0 spiro atoms. The minimum Gasteiger partial charge on any atom is -0.495 e. The quantitative estimate of drug-likeness (QED) is 0.906. The summed E-state index contributed by atoms with van der Waals surface area (Å²) in [5, 5.41) is 10.5. The maximum atomic E-state index is 10.5. The third-order valence-corrected chi connectivity index (χ3v) is 2.75. The first kappa shape index (κ1) is 14.3. The molecule has 0 bridgehead atoms. The van der Waals surface area contributed by atoms with E-state index >= 15 is 0 Å². The Hall–Kier alpha value is -2.14. The number of methoxy groups -OCH3 is 1. The molecule has 2 rings (SSSR count). The van der Waals surface area contributed by atoms with Crippen molar-refractivity contribution in [2.45, 2.75) is 26.1 Å². The van der Waals surface area contributed by atoms with Crippen LogP contribution in [-0.4, -0.2) is 28.3 Å². The van der Waals surface area contributed by atoms with Gasteiger partial charge in [0.25, 0.3) is 0 Å². The summed E-state index contributed by atoms with van der Waals surface area (Å²) in [7, 11) is 1.55. The second-order valence-electron chi connectivity index (χ2n) is 4.64. The van der Waals surface area contributed by atoms with E-state index < -0.39 is 6.10 Å². The molecule has 0 aliphatic carbocycles. The highest BCUT2D eigenvalue weighted by Gasteiger charge is 2.16. The van der Waals surface area contributed by atoms with Gasteiger partial charge in [0.05, 0.1) is 25.6 Å². The number of hydrogen-bond acceptors (Lipinski definition) is 5. The average molecular weight is 274 g/mol. The van der Waals surface area contributed by atoms with Crippen LogP contribution in [0.2, 0.25) is 0 Å². The predicted octanol–water partition coefficient (Wildman–Crippen LogP) is 2.35. The molecule has 5 nitrogen and oxygen atoms in total. The van der Waals surface area contributed by atoms with Crippen LogP contribution in [-0.2, 0) is 0 Å². The van der Waals surface area contributed by atoms with Crippen LogP contribution in [0.15, 0.2) is 36.9 Å². The average Bonchev–Trinajstić information content (AvgIpc) is 2.46. The number of ether oxygens (including phenoxy) is 2. The number of aromatic nitrogens is 2. The lowest BCUT2D eigenvalue weighted by Crippen LogP contribution is -2.08. The van der Waals surface area contributed by atoms with Crippen molar-refractivity contribution < 1.29 is 14.6 Å². The Bertz CT molecular complexity index is 573. The second kappa shape index (κ2) is 6.34. The highest BCUT2D eigenvalue weighted by molar-refractivity contribution is 5.39. The fourth-order valence-corrected chi connectivity index (χ4v) is 1.89. The van der Waals surface area contributed by atoms with Crippen molar-refractivity contribution in [1.82, 2.24) is 9.97 Å². The van der Waals surface area contributed by atoms with Gasteiger partial charge in [0.2, 0.25) is 0 Å². The van der Waals surface area contributed by atoms with E-state index in [1.165, 1.54) is 0 Å². The van der Waals surface area contributed by atoms with E-state index in [1.807, 2.05) is 13.8 Å². The van der Waals surface area contributed by atoms with Crippen LogP contribution < -0.4 is 9.47 Å². The Kier molecular flexibility index (Phi) is 4.53. The maximum absolute atomic E-state index is 10.5. The lowest BCUT2D eigenvalue weighted by Gasteiger charge is -2.16. The highest BCUT2D eigenvalue weighted by Crippen LogP contribution is 2.30. The van der Waals surface area contributed by atoms with Gasteiger partial charge in [-0.15, -0.1) is 0 Å². The Morgan fingerprint density at radius 2 is 1.95 bits per heavy atom. The summed E-state index contributed by atoms with van der Waals surface area (Å²) in [5.41, 5.74) is 1.29. The largest absolute Gasteiger partial charge is 0.495 e. The molecule has 0 radical (unpaired) electrons. The molecular formula is C15H18N2O3. The molecular weight excluding hydrogens is 256 g/mol. The molecule has 2 aromatic heterocycles. The highest BCUT2D eigenvalue weighted by atomic mass is 16.5. The Labute approximate surface area is 118 Å². The van der Waals surface area contributed by atoms with Gasteiger partial charge in [-0.1, -0.05) is 0 Å². The van der Waals surface area contributed by atoms with Crippen molar-refractivity contribution in [1.29, 1.82) is 0 Å². The van der Waals surface area contributed by atoms with Crippen LogP contribution >= 0.6 is 0 Å². The summed E-state index contributed by atoms with van der Waals surface area (Å²) < 4.78 is 10.8. The third-order valence-electron chi connectivity index (χ3n) is 2.75. The zero-order valence-electron chi connectivity index (χ0n) is 11.8. The Morgan fingerprint density at radius 1 is 1.15 bits per heavy atom. The fourth-order valence-electron chi connectivity index (χ4n) is 1.89. The van der Waals surface area contributed by atoms with Crippen LogP contribution in [0.25, 0.3) is 0 Å².